The molecule has 1 amide bonds. The number of carboxylic acid groups (broad SMARTS) is 1. The second kappa shape index (κ2) is 8.52. The highest BCUT2D eigenvalue weighted by Gasteiger charge is 2.25. The summed E-state index contributed by atoms with van der Waals surface area (Å²) in [6.07, 6.45) is 0. The van der Waals surface area contributed by atoms with E-state index in [0.29, 0.717) is 0 Å². The van der Waals surface area contributed by atoms with Crippen molar-refractivity contribution in [1.82, 2.24) is 5.32 Å². The van der Waals surface area contributed by atoms with Crippen molar-refractivity contribution < 1.29 is 28.3 Å². The Kier molecular flexibility index (Phi) is 8.24. The minimum atomic E-state index is -3.33. The Morgan fingerprint density at radius 1 is 1.29 bits per heavy atom. The van der Waals surface area contributed by atoms with Crippen LogP contribution in [0.15, 0.2) is 0 Å². The van der Waals surface area contributed by atoms with Gasteiger partial charge in [0.15, 0.2) is 0 Å². The van der Waals surface area contributed by atoms with Crippen LogP contribution in [0.3, 0.4) is 0 Å². The van der Waals surface area contributed by atoms with E-state index in [-0.39, 0.29) is 19.0 Å². The second-order valence-electron chi connectivity index (χ2n) is 2.70. The van der Waals surface area contributed by atoms with Gasteiger partial charge in [-0.2, -0.15) is 0 Å². The van der Waals surface area contributed by atoms with Gasteiger partial charge in [-0.1, -0.05) is 0 Å². The molecule has 0 radical (unpaired) electrons. The molecule has 0 saturated heterocycles. The Morgan fingerprint density at radius 2 is 1.82 bits per heavy atom. The Hall–Kier alpha value is -0.560. The van der Waals surface area contributed by atoms with Gasteiger partial charge in [0.2, 0.25) is 5.91 Å². The van der Waals surface area contributed by atoms with Crippen LogP contribution in [0.25, 0.3) is 0 Å². The molecule has 0 atom stereocenters. The van der Waals surface area contributed by atoms with Gasteiger partial charge >= 0.3 is 6.80 Å². The van der Waals surface area contributed by atoms with Crippen LogP contribution in [0.1, 0.15) is 13.8 Å². The van der Waals surface area contributed by atoms with Gasteiger partial charge in [0.1, 0.15) is 0 Å². The highest BCUT2D eigenvalue weighted by Crippen LogP contribution is 2.60. The topological polar surface area (TPSA) is 105 Å². The third-order valence-corrected chi connectivity index (χ3v) is 5.18. The van der Waals surface area contributed by atoms with Crippen LogP contribution in [-0.4, -0.2) is 37.4 Å². The lowest BCUT2D eigenvalue weighted by atomic mass is 10.6. The van der Waals surface area contributed by atoms with E-state index >= 15 is 0 Å². The molecule has 0 rings (SSSR count). The predicted molar refractivity (Wildman–Crippen MR) is 61.3 cm³/mol. The number of carbonyl (C=O) groups is 2. The van der Waals surface area contributed by atoms with Crippen LogP contribution in [0.4, 0.5) is 0 Å². The summed E-state index contributed by atoms with van der Waals surface area (Å²) in [6.45, 7) is -0.195. The van der Waals surface area contributed by atoms with Crippen molar-refractivity contribution in [3.63, 3.8) is 0 Å². The highest BCUT2D eigenvalue weighted by atomic mass is 32.7. The second-order valence-corrected chi connectivity index (χ2v) is 6.78. The number of carboxylic acids is 1. The Morgan fingerprint density at radius 3 is 2.24 bits per heavy atom. The number of rotatable bonds is 9. The number of hydrogen-bond donors (Lipinski definition) is 1. The van der Waals surface area contributed by atoms with Crippen LogP contribution in [0.2, 0.25) is 0 Å². The van der Waals surface area contributed by atoms with Gasteiger partial charge in [0.25, 0.3) is 0 Å². The van der Waals surface area contributed by atoms with Gasteiger partial charge in [0, 0.05) is 0 Å². The number of aliphatic carboxylic acids is 1. The van der Waals surface area contributed by atoms with Crippen molar-refractivity contribution in [2.24, 2.45) is 0 Å². The van der Waals surface area contributed by atoms with Crippen molar-refractivity contribution >= 4 is 30.1 Å². The van der Waals surface area contributed by atoms with Crippen LogP contribution in [-0.2, 0) is 23.2 Å². The molecule has 0 aliphatic heterocycles. The molecule has 0 aromatic carbocycles. The zero-order valence-electron chi connectivity index (χ0n) is 9.63. The van der Waals surface area contributed by atoms with E-state index in [0.717, 1.165) is 11.4 Å². The maximum atomic E-state index is 11.9. The Bertz CT molecular complexity index is 300. The molecule has 0 aliphatic carbocycles. The smallest absolute Gasteiger partial charge is 0.389 e. The summed E-state index contributed by atoms with van der Waals surface area (Å²) in [6, 6.07) is 0. The summed E-state index contributed by atoms with van der Waals surface area (Å²) in [5, 5.41) is 12.2. The SMILES string of the molecule is CCOP(=O)(OCC)SCC(=O)NCC(=O)[O-]. The predicted octanol–water partition coefficient (Wildman–Crippen LogP) is -0.233. The van der Waals surface area contributed by atoms with Crippen LogP contribution < -0.4 is 10.4 Å². The number of hydrogen-bond acceptors (Lipinski definition) is 7. The molecule has 0 aliphatic rings. The van der Waals surface area contributed by atoms with Gasteiger partial charge in [0.05, 0.1) is 31.5 Å². The molecule has 1 N–H and O–H groups in total. The van der Waals surface area contributed by atoms with Gasteiger partial charge in [-0.05, 0) is 25.2 Å². The zero-order valence-corrected chi connectivity index (χ0v) is 11.3. The first-order chi connectivity index (χ1) is 7.93. The van der Waals surface area contributed by atoms with Crippen molar-refractivity contribution in [3.05, 3.63) is 0 Å². The minimum absolute atomic E-state index is 0.199. The van der Waals surface area contributed by atoms with E-state index in [9.17, 15) is 19.3 Å². The molecule has 0 saturated carbocycles. The van der Waals surface area contributed by atoms with E-state index in [1.54, 1.807) is 13.8 Å². The Labute approximate surface area is 104 Å². The molecule has 0 spiro atoms. The van der Waals surface area contributed by atoms with Crippen molar-refractivity contribution in [1.29, 1.82) is 0 Å². The first-order valence-corrected chi connectivity index (χ1v) is 8.07. The number of amides is 1. The lowest BCUT2D eigenvalue weighted by Crippen LogP contribution is -2.38. The van der Waals surface area contributed by atoms with Crippen LogP contribution in [0.5, 0.6) is 0 Å². The first-order valence-electron chi connectivity index (χ1n) is 4.93. The largest absolute Gasteiger partial charge is 0.548 e. The molecule has 0 heterocycles. The fraction of sp³-hybridized carbons (Fsp3) is 0.750. The lowest BCUT2D eigenvalue weighted by molar-refractivity contribution is -0.303. The fourth-order valence-corrected chi connectivity index (χ4v) is 3.93. The molecule has 9 heteroatoms. The van der Waals surface area contributed by atoms with Crippen molar-refractivity contribution in [2.45, 2.75) is 13.8 Å². The minimum Gasteiger partial charge on any atom is -0.548 e. The van der Waals surface area contributed by atoms with Gasteiger partial charge < -0.3 is 24.3 Å². The molecule has 7 nitrogen and oxygen atoms in total. The van der Waals surface area contributed by atoms with Crippen molar-refractivity contribution in [2.75, 3.05) is 25.5 Å². The maximum absolute atomic E-state index is 11.9. The summed E-state index contributed by atoms with van der Waals surface area (Å²) in [5.41, 5.74) is 0. The van der Waals surface area contributed by atoms with E-state index in [4.69, 9.17) is 9.05 Å². The first kappa shape index (κ1) is 16.4. The molecular weight excluding hydrogens is 269 g/mol. The molecule has 0 unspecified atom stereocenters. The lowest BCUT2D eigenvalue weighted by Gasteiger charge is -2.15. The summed E-state index contributed by atoms with van der Waals surface area (Å²) in [4.78, 5) is 21.2. The molecule has 17 heavy (non-hydrogen) atoms. The Balaban J connectivity index is 4.08. The van der Waals surface area contributed by atoms with E-state index < -0.39 is 25.2 Å². The molecule has 100 valence electrons. The van der Waals surface area contributed by atoms with E-state index in [2.05, 4.69) is 5.32 Å². The third kappa shape index (κ3) is 8.20. The van der Waals surface area contributed by atoms with Crippen LogP contribution >= 0.6 is 18.2 Å². The summed E-state index contributed by atoms with van der Waals surface area (Å²) >= 11 is 0.719. The van der Waals surface area contributed by atoms with E-state index in [1.165, 1.54) is 0 Å². The molecule has 0 fully saturated rings. The molecule has 0 aromatic heterocycles. The highest BCUT2D eigenvalue weighted by molar-refractivity contribution is 8.55. The van der Waals surface area contributed by atoms with E-state index in [1.807, 2.05) is 0 Å². The molecular formula is C8H15NO6PS-. The normalized spacial score (nSPS) is 11.2. The summed E-state index contributed by atoms with van der Waals surface area (Å²) in [7, 11) is 0. The molecule has 0 bridgehead atoms. The maximum Gasteiger partial charge on any atom is 0.389 e. The van der Waals surface area contributed by atoms with Crippen LogP contribution in [0, 0.1) is 0 Å². The average Bonchev–Trinajstić information content (AvgIpc) is 2.24. The van der Waals surface area contributed by atoms with Crippen molar-refractivity contribution in [3.8, 4) is 0 Å². The monoisotopic (exact) mass is 284 g/mol. The summed E-state index contributed by atoms with van der Waals surface area (Å²) in [5.74, 6) is -2.16. The number of carbonyl (C=O) groups excluding carboxylic acids is 2. The average molecular weight is 284 g/mol. The third-order valence-electron chi connectivity index (χ3n) is 1.36. The number of nitrogens with one attached hydrogen (secondary N) is 1. The standard InChI is InChI=1S/C8H16NO6PS/c1-3-14-16(13,15-4-2)17-6-7(10)9-5-8(11)12/h3-6H2,1-2H3,(H,9,10)(H,11,12)/p-1. The van der Waals surface area contributed by atoms with Gasteiger partial charge in [-0.25, -0.2) is 4.57 Å². The fourth-order valence-electron chi connectivity index (χ4n) is 0.787. The quantitative estimate of drug-likeness (QED) is 0.583. The van der Waals surface area contributed by atoms with Gasteiger partial charge in [-0.15, -0.1) is 0 Å². The van der Waals surface area contributed by atoms with Gasteiger partial charge in [-0.3, -0.25) is 4.79 Å². The summed E-state index contributed by atoms with van der Waals surface area (Å²) < 4.78 is 21.7. The zero-order chi connectivity index (χ0) is 13.3. The molecule has 0 aromatic rings.